The van der Waals surface area contributed by atoms with Crippen LogP contribution in [0.2, 0.25) is 5.02 Å². The molecule has 1 atom stereocenters. The van der Waals surface area contributed by atoms with Gasteiger partial charge in [0.25, 0.3) is 0 Å². The van der Waals surface area contributed by atoms with Crippen molar-refractivity contribution in [1.29, 1.82) is 0 Å². The van der Waals surface area contributed by atoms with Crippen LogP contribution in [0.5, 0.6) is 11.5 Å². The third-order valence-corrected chi connectivity index (χ3v) is 7.72. The Morgan fingerprint density at radius 2 is 1.62 bits per heavy atom. The number of carbonyl (C=O) groups is 2. The number of carbonyl (C=O) groups excluding carboxylic acids is 2. The fourth-order valence-corrected chi connectivity index (χ4v) is 5.36. The van der Waals surface area contributed by atoms with Crippen LogP contribution in [0.3, 0.4) is 0 Å². The second kappa shape index (κ2) is 14.0. The molecule has 6 nitrogen and oxygen atoms in total. The van der Waals surface area contributed by atoms with E-state index < -0.39 is 6.04 Å². The van der Waals surface area contributed by atoms with Gasteiger partial charge in [-0.25, -0.2) is 0 Å². The molecule has 1 N–H and O–H groups in total. The minimum absolute atomic E-state index is 0.104. The largest absolute Gasteiger partial charge is 0.493 e. The number of aryl methyl sites for hydroxylation is 1. The SMILES string of the molecule is COc1ccc(CCC(=O)N(Cc2ccccc2Cl)[C@@H](Cc2ccccc2)C(=O)NC2CCCC2)cc1OC. The molecular formula is C32H37ClN2O4. The number of amides is 2. The minimum Gasteiger partial charge on any atom is -0.493 e. The fraction of sp³-hybridized carbons (Fsp3) is 0.375. The average molecular weight is 549 g/mol. The summed E-state index contributed by atoms with van der Waals surface area (Å²) in [4.78, 5) is 29.4. The first-order valence-electron chi connectivity index (χ1n) is 13.6. The molecule has 0 aromatic heterocycles. The van der Waals surface area contributed by atoms with Crippen LogP contribution in [-0.2, 0) is 29.0 Å². The van der Waals surface area contributed by atoms with Crippen molar-refractivity contribution in [3.63, 3.8) is 0 Å². The smallest absolute Gasteiger partial charge is 0.243 e. The highest BCUT2D eigenvalue weighted by Crippen LogP contribution is 2.28. The maximum absolute atomic E-state index is 13.9. The molecule has 0 unspecified atom stereocenters. The number of rotatable bonds is 12. The number of methoxy groups -OCH3 is 2. The maximum atomic E-state index is 13.9. The number of benzene rings is 3. The summed E-state index contributed by atoms with van der Waals surface area (Å²) in [6.45, 7) is 0.250. The molecule has 1 fully saturated rings. The Morgan fingerprint density at radius 3 is 2.31 bits per heavy atom. The predicted molar refractivity (Wildman–Crippen MR) is 154 cm³/mol. The van der Waals surface area contributed by atoms with E-state index in [1.54, 1.807) is 19.1 Å². The summed E-state index contributed by atoms with van der Waals surface area (Å²) in [6.07, 6.45) is 5.33. The number of nitrogens with one attached hydrogen (secondary N) is 1. The summed E-state index contributed by atoms with van der Waals surface area (Å²) < 4.78 is 10.8. The Morgan fingerprint density at radius 1 is 0.923 bits per heavy atom. The van der Waals surface area contributed by atoms with Gasteiger partial charge in [0, 0.05) is 30.5 Å². The van der Waals surface area contributed by atoms with Gasteiger partial charge in [0.15, 0.2) is 11.5 Å². The molecule has 0 aliphatic heterocycles. The van der Waals surface area contributed by atoms with Gasteiger partial charge in [-0.15, -0.1) is 0 Å². The summed E-state index contributed by atoms with van der Waals surface area (Å²) in [5, 5.41) is 3.81. The first kappa shape index (κ1) is 28.5. The lowest BCUT2D eigenvalue weighted by Gasteiger charge is -2.32. The zero-order chi connectivity index (χ0) is 27.6. The van der Waals surface area contributed by atoms with Gasteiger partial charge in [0.2, 0.25) is 11.8 Å². The Labute approximate surface area is 236 Å². The third-order valence-electron chi connectivity index (χ3n) is 7.35. The molecule has 1 aliphatic carbocycles. The van der Waals surface area contributed by atoms with Crippen molar-refractivity contribution in [3.8, 4) is 11.5 Å². The van der Waals surface area contributed by atoms with Crippen molar-refractivity contribution < 1.29 is 19.1 Å². The molecule has 206 valence electrons. The lowest BCUT2D eigenvalue weighted by molar-refractivity contribution is -0.141. The number of hydrogen-bond acceptors (Lipinski definition) is 4. The van der Waals surface area contributed by atoms with E-state index in [9.17, 15) is 9.59 Å². The lowest BCUT2D eigenvalue weighted by Crippen LogP contribution is -2.52. The number of halogens is 1. The minimum atomic E-state index is -0.665. The molecule has 0 spiro atoms. The van der Waals surface area contributed by atoms with E-state index in [4.69, 9.17) is 21.1 Å². The van der Waals surface area contributed by atoms with Crippen LogP contribution in [0.15, 0.2) is 72.8 Å². The summed E-state index contributed by atoms with van der Waals surface area (Å²) in [6, 6.07) is 22.5. The molecule has 1 saturated carbocycles. The van der Waals surface area contributed by atoms with Gasteiger partial charge in [0.1, 0.15) is 6.04 Å². The normalized spacial score (nSPS) is 14.0. The molecule has 4 rings (SSSR count). The lowest BCUT2D eigenvalue weighted by atomic mass is 10.0. The van der Waals surface area contributed by atoms with Crippen molar-refractivity contribution in [1.82, 2.24) is 10.2 Å². The Balaban J connectivity index is 1.61. The van der Waals surface area contributed by atoms with E-state index in [-0.39, 0.29) is 30.8 Å². The van der Waals surface area contributed by atoms with E-state index in [2.05, 4.69) is 5.32 Å². The van der Waals surface area contributed by atoms with Gasteiger partial charge >= 0.3 is 0 Å². The Bertz CT molecular complexity index is 1240. The van der Waals surface area contributed by atoms with Crippen LogP contribution in [0.1, 0.15) is 48.8 Å². The van der Waals surface area contributed by atoms with E-state index in [1.165, 1.54) is 0 Å². The van der Waals surface area contributed by atoms with Crippen LogP contribution < -0.4 is 14.8 Å². The van der Waals surface area contributed by atoms with Crippen molar-refractivity contribution in [3.05, 3.63) is 94.5 Å². The molecule has 0 saturated heterocycles. The third kappa shape index (κ3) is 7.76. The van der Waals surface area contributed by atoms with Crippen LogP contribution in [-0.4, -0.2) is 43.0 Å². The number of hydrogen-bond donors (Lipinski definition) is 1. The monoisotopic (exact) mass is 548 g/mol. The number of ether oxygens (including phenoxy) is 2. The molecule has 0 bridgehead atoms. The van der Waals surface area contributed by atoms with E-state index >= 15 is 0 Å². The van der Waals surface area contributed by atoms with Crippen molar-refractivity contribution in [2.45, 2.75) is 63.6 Å². The molecule has 1 aliphatic rings. The molecule has 39 heavy (non-hydrogen) atoms. The standard InChI is InChI=1S/C32H37ClN2O4/c1-38-29-18-16-24(21-30(29)39-2)17-19-31(36)35(22-25-12-6-9-15-27(25)33)28(20-23-10-4-3-5-11-23)32(37)34-26-13-7-8-14-26/h3-6,9-12,15-16,18,21,26,28H,7-8,13-14,17,19-20,22H2,1-2H3,(H,34,37)/t28-/m0/s1. The first-order chi connectivity index (χ1) is 19.0. The fourth-order valence-electron chi connectivity index (χ4n) is 5.16. The summed E-state index contributed by atoms with van der Waals surface area (Å²) >= 11 is 6.53. The molecule has 7 heteroatoms. The van der Waals surface area contributed by atoms with Crippen LogP contribution in [0.4, 0.5) is 0 Å². The molecule has 0 heterocycles. The van der Waals surface area contributed by atoms with Gasteiger partial charge < -0.3 is 19.7 Å². The Hall–Kier alpha value is -3.51. The topological polar surface area (TPSA) is 67.9 Å². The van der Waals surface area contributed by atoms with Crippen LogP contribution in [0.25, 0.3) is 0 Å². The molecular weight excluding hydrogens is 512 g/mol. The maximum Gasteiger partial charge on any atom is 0.243 e. The molecule has 3 aromatic carbocycles. The van der Waals surface area contributed by atoms with Crippen LogP contribution in [0, 0.1) is 0 Å². The van der Waals surface area contributed by atoms with Crippen molar-refractivity contribution >= 4 is 23.4 Å². The summed E-state index contributed by atoms with van der Waals surface area (Å²) in [7, 11) is 3.19. The first-order valence-corrected chi connectivity index (χ1v) is 13.9. The zero-order valence-corrected chi connectivity index (χ0v) is 23.5. The highest BCUT2D eigenvalue weighted by molar-refractivity contribution is 6.31. The highest BCUT2D eigenvalue weighted by atomic mass is 35.5. The van der Waals surface area contributed by atoms with Crippen molar-refractivity contribution in [2.24, 2.45) is 0 Å². The quantitative estimate of drug-likeness (QED) is 0.302. The highest BCUT2D eigenvalue weighted by Gasteiger charge is 2.32. The molecule has 3 aromatic rings. The van der Waals surface area contributed by atoms with Gasteiger partial charge in [-0.1, -0.05) is 79.0 Å². The summed E-state index contributed by atoms with van der Waals surface area (Å²) in [5.74, 6) is 1.04. The zero-order valence-electron chi connectivity index (χ0n) is 22.7. The van der Waals surface area contributed by atoms with Gasteiger partial charge in [-0.2, -0.15) is 0 Å². The van der Waals surface area contributed by atoms with Gasteiger partial charge in [0.05, 0.1) is 14.2 Å². The van der Waals surface area contributed by atoms with E-state index in [1.807, 2.05) is 72.8 Å². The Kier molecular flexibility index (Phi) is 10.3. The van der Waals surface area contributed by atoms with E-state index in [0.717, 1.165) is 42.4 Å². The molecule has 2 amide bonds. The van der Waals surface area contributed by atoms with Gasteiger partial charge in [-0.3, -0.25) is 9.59 Å². The van der Waals surface area contributed by atoms with Gasteiger partial charge in [-0.05, 0) is 54.2 Å². The molecule has 0 radical (unpaired) electrons. The second-order valence-electron chi connectivity index (χ2n) is 10.00. The summed E-state index contributed by atoms with van der Waals surface area (Å²) in [5.41, 5.74) is 2.76. The number of nitrogens with zero attached hydrogens (tertiary/aromatic N) is 1. The second-order valence-corrected chi connectivity index (χ2v) is 10.4. The van der Waals surface area contributed by atoms with Crippen LogP contribution >= 0.6 is 11.6 Å². The van der Waals surface area contributed by atoms with E-state index in [0.29, 0.717) is 29.4 Å². The van der Waals surface area contributed by atoms with Crippen molar-refractivity contribution in [2.75, 3.05) is 14.2 Å². The average Bonchev–Trinajstić information content (AvgIpc) is 3.47. The predicted octanol–water partition coefficient (Wildman–Crippen LogP) is 5.99.